The molecule has 222 valence electrons. The van der Waals surface area contributed by atoms with Crippen molar-refractivity contribution in [1.29, 1.82) is 0 Å². The SMILES string of the molecule is Cc1cccc(COc2ccccc2CN(CC[C@H](N)C(=O)O)Cc2c(OCc3cccc(C)c3)ccc3nc[nH]c23)c1. The van der Waals surface area contributed by atoms with Crippen molar-refractivity contribution in [3.8, 4) is 11.5 Å². The van der Waals surface area contributed by atoms with Crippen molar-refractivity contribution in [3.63, 3.8) is 0 Å². The first kappa shape index (κ1) is 29.8. The summed E-state index contributed by atoms with van der Waals surface area (Å²) in [6, 6.07) is 27.4. The molecule has 0 radical (unpaired) electrons. The highest BCUT2D eigenvalue weighted by atomic mass is 16.5. The van der Waals surface area contributed by atoms with Crippen LogP contribution in [0.2, 0.25) is 0 Å². The molecule has 1 aromatic heterocycles. The minimum atomic E-state index is -1.01. The Balaban J connectivity index is 1.41. The van der Waals surface area contributed by atoms with E-state index in [0.717, 1.165) is 44.8 Å². The number of carboxylic acid groups (broad SMARTS) is 1. The maximum Gasteiger partial charge on any atom is 0.320 e. The lowest BCUT2D eigenvalue weighted by Gasteiger charge is -2.26. The van der Waals surface area contributed by atoms with Gasteiger partial charge in [-0.3, -0.25) is 9.69 Å². The number of rotatable bonds is 14. The van der Waals surface area contributed by atoms with E-state index in [0.29, 0.717) is 39.3 Å². The Bertz CT molecular complexity index is 1680. The number of aryl methyl sites for hydroxylation is 2. The highest BCUT2D eigenvalue weighted by Crippen LogP contribution is 2.30. The molecule has 4 aromatic carbocycles. The van der Waals surface area contributed by atoms with Crippen LogP contribution in [0, 0.1) is 13.8 Å². The monoisotopic (exact) mass is 578 g/mol. The Labute approximate surface area is 252 Å². The van der Waals surface area contributed by atoms with Gasteiger partial charge in [0.15, 0.2) is 0 Å². The zero-order valence-corrected chi connectivity index (χ0v) is 24.6. The zero-order chi connectivity index (χ0) is 30.2. The molecule has 5 aromatic rings. The molecule has 0 aliphatic rings. The van der Waals surface area contributed by atoms with Crippen LogP contribution in [0.4, 0.5) is 0 Å². The topological polar surface area (TPSA) is 114 Å². The number of para-hydroxylation sites is 1. The van der Waals surface area contributed by atoms with E-state index in [4.69, 9.17) is 15.2 Å². The van der Waals surface area contributed by atoms with E-state index in [2.05, 4.69) is 65.1 Å². The van der Waals surface area contributed by atoms with Crippen molar-refractivity contribution >= 4 is 17.0 Å². The second-order valence-corrected chi connectivity index (χ2v) is 10.9. The molecule has 5 rings (SSSR count). The highest BCUT2D eigenvalue weighted by molar-refractivity contribution is 5.81. The highest BCUT2D eigenvalue weighted by Gasteiger charge is 2.20. The summed E-state index contributed by atoms with van der Waals surface area (Å²) in [5.41, 5.74) is 14.2. The average molecular weight is 579 g/mol. The molecule has 0 amide bonds. The number of benzene rings is 4. The number of carbonyl (C=O) groups is 1. The third kappa shape index (κ3) is 8.00. The number of hydrogen-bond acceptors (Lipinski definition) is 6. The van der Waals surface area contributed by atoms with Gasteiger partial charge in [-0.15, -0.1) is 0 Å². The summed E-state index contributed by atoms with van der Waals surface area (Å²) in [5.74, 6) is 0.515. The minimum Gasteiger partial charge on any atom is -0.489 e. The second kappa shape index (κ2) is 14.0. The summed E-state index contributed by atoms with van der Waals surface area (Å²) in [7, 11) is 0. The Morgan fingerprint density at radius 3 is 2.23 bits per heavy atom. The Kier molecular flexibility index (Phi) is 9.71. The number of fused-ring (bicyclic) bond motifs is 1. The lowest BCUT2D eigenvalue weighted by Crippen LogP contribution is -2.35. The predicted molar refractivity (Wildman–Crippen MR) is 168 cm³/mol. The van der Waals surface area contributed by atoms with Crippen LogP contribution in [0.1, 0.15) is 39.8 Å². The van der Waals surface area contributed by atoms with Crippen molar-refractivity contribution in [1.82, 2.24) is 14.9 Å². The average Bonchev–Trinajstić information content (AvgIpc) is 3.48. The molecule has 0 saturated carbocycles. The van der Waals surface area contributed by atoms with Crippen molar-refractivity contribution in [3.05, 3.63) is 125 Å². The van der Waals surface area contributed by atoms with Gasteiger partial charge in [0.25, 0.3) is 0 Å². The van der Waals surface area contributed by atoms with Gasteiger partial charge in [0, 0.05) is 30.8 Å². The van der Waals surface area contributed by atoms with E-state index in [-0.39, 0.29) is 0 Å². The van der Waals surface area contributed by atoms with Crippen LogP contribution in [-0.2, 0) is 31.1 Å². The molecule has 0 aliphatic heterocycles. The largest absolute Gasteiger partial charge is 0.489 e. The normalized spacial score (nSPS) is 12.0. The molecular formula is C35H38N4O4. The number of aromatic nitrogens is 2. The fourth-order valence-electron chi connectivity index (χ4n) is 5.17. The number of nitrogens with two attached hydrogens (primary N) is 1. The first-order valence-corrected chi connectivity index (χ1v) is 14.5. The number of hydrogen-bond donors (Lipinski definition) is 3. The van der Waals surface area contributed by atoms with Crippen LogP contribution >= 0.6 is 0 Å². The summed E-state index contributed by atoms with van der Waals surface area (Å²) < 4.78 is 12.7. The van der Waals surface area contributed by atoms with Crippen molar-refractivity contribution in [2.75, 3.05) is 6.54 Å². The van der Waals surface area contributed by atoms with Gasteiger partial charge in [-0.05, 0) is 49.6 Å². The Morgan fingerprint density at radius 2 is 1.56 bits per heavy atom. The summed E-state index contributed by atoms with van der Waals surface area (Å²) in [6.45, 7) is 6.48. The summed E-state index contributed by atoms with van der Waals surface area (Å²) in [5, 5.41) is 9.47. The Morgan fingerprint density at radius 1 is 0.884 bits per heavy atom. The van der Waals surface area contributed by atoms with E-state index in [1.165, 1.54) is 11.1 Å². The van der Waals surface area contributed by atoms with Crippen molar-refractivity contribution in [2.24, 2.45) is 5.73 Å². The van der Waals surface area contributed by atoms with Gasteiger partial charge < -0.3 is 25.3 Å². The van der Waals surface area contributed by atoms with Gasteiger partial charge in [0.2, 0.25) is 0 Å². The van der Waals surface area contributed by atoms with Crippen LogP contribution in [0.25, 0.3) is 11.0 Å². The molecule has 1 atom stereocenters. The molecule has 0 saturated heterocycles. The van der Waals surface area contributed by atoms with Gasteiger partial charge >= 0.3 is 5.97 Å². The molecular weight excluding hydrogens is 540 g/mol. The van der Waals surface area contributed by atoms with E-state index < -0.39 is 12.0 Å². The molecule has 4 N–H and O–H groups in total. The van der Waals surface area contributed by atoms with E-state index in [9.17, 15) is 9.90 Å². The fraction of sp³-hybridized carbons (Fsp3) is 0.257. The number of aromatic amines is 1. The van der Waals surface area contributed by atoms with Gasteiger partial charge in [-0.1, -0.05) is 77.9 Å². The third-order valence-electron chi connectivity index (χ3n) is 7.44. The maximum absolute atomic E-state index is 11.6. The summed E-state index contributed by atoms with van der Waals surface area (Å²) in [6.07, 6.45) is 1.97. The predicted octanol–water partition coefficient (Wildman–Crippen LogP) is 6.14. The molecule has 0 fully saturated rings. The number of aliphatic carboxylic acids is 1. The zero-order valence-electron chi connectivity index (χ0n) is 24.6. The molecule has 0 spiro atoms. The smallest absolute Gasteiger partial charge is 0.320 e. The van der Waals surface area contributed by atoms with Gasteiger partial charge in [-0.2, -0.15) is 0 Å². The lowest BCUT2D eigenvalue weighted by molar-refractivity contribution is -0.138. The van der Waals surface area contributed by atoms with Crippen LogP contribution in [-0.4, -0.2) is 38.5 Å². The molecule has 0 aliphatic carbocycles. The molecule has 43 heavy (non-hydrogen) atoms. The number of nitrogens with zero attached hydrogens (tertiary/aromatic N) is 2. The van der Waals surface area contributed by atoms with Crippen LogP contribution in [0.5, 0.6) is 11.5 Å². The first-order valence-electron chi connectivity index (χ1n) is 14.5. The van der Waals surface area contributed by atoms with Crippen molar-refractivity contribution in [2.45, 2.75) is 52.6 Å². The fourth-order valence-corrected chi connectivity index (χ4v) is 5.17. The number of ether oxygens (including phenoxy) is 2. The summed E-state index contributed by atoms with van der Waals surface area (Å²) >= 11 is 0. The van der Waals surface area contributed by atoms with Crippen LogP contribution in [0.3, 0.4) is 0 Å². The van der Waals surface area contributed by atoms with E-state index >= 15 is 0 Å². The van der Waals surface area contributed by atoms with Crippen LogP contribution in [0.15, 0.2) is 91.3 Å². The van der Waals surface area contributed by atoms with Gasteiger partial charge in [0.05, 0.1) is 17.4 Å². The standard InChI is InChI=1S/C35H38N4O4/c1-24-7-5-9-26(17-24)21-42-32-12-4-3-11-28(32)19-39(16-15-30(36)35(40)41)20-29-33(14-13-31-34(29)38-23-37-31)43-22-27-10-6-8-25(2)18-27/h3-14,17-18,23,30H,15-16,19-22,36H2,1-2H3,(H,37,38)(H,40,41)/t30-/m0/s1. The first-order chi connectivity index (χ1) is 20.9. The molecule has 8 heteroatoms. The second-order valence-electron chi connectivity index (χ2n) is 10.9. The summed E-state index contributed by atoms with van der Waals surface area (Å²) in [4.78, 5) is 21.5. The van der Waals surface area contributed by atoms with E-state index in [1.54, 1.807) is 6.33 Å². The maximum atomic E-state index is 11.6. The van der Waals surface area contributed by atoms with Crippen LogP contribution < -0.4 is 15.2 Å². The quantitative estimate of drug-likeness (QED) is 0.145. The minimum absolute atomic E-state index is 0.292. The number of imidazole rings is 1. The molecule has 8 nitrogen and oxygen atoms in total. The number of H-pyrrole nitrogens is 1. The lowest BCUT2D eigenvalue weighted by atomic mass is 10.1. The third-order valence-corrected chi connectivity index (χ3v) is 7.44. The van der Waals surface area contributed by atoms with Gasteiger partial charge in [-0.25, -0.2) is 4.98 Å². The molecule has 1 heterocycles. The number of carboxylic acids is 1. The molecule has 0 unspecified atom stereocenters. The van der Waals surface area contributed by atoms with E-state index in [1.807, 2.05) is 48.5 Å². The van der Waals surface area contributed by atoms with Crippen molar-refractivity contribution < 1.29 is 19.4 Å². The molecule has 0 bridgehead atoms. The van der Waals surface area contributed by atoms with Gasteiger partial charge in [0.1, 0.15) is 30.8 Å². The number of nitrogens with one attached hydrogen (secondary N) is 1. The Hall–Kier alpha value is -4.66.